The first-order chi connectivity index (χ1) is 6.90. The van der Waals surface area contributed by atoms with Crippen LogP contribution in [0.1, 0.15) is 11.9 Å². The Morgan fingerprint density at radius 2 is 1.79 bits per heavy atom. The summed E-state index contributed by atoms with van der Waals surface area (Å²) in [7, 11) is 0. The smallest absolute Gasteiger partial charge is 0.183 e. The van der Waals surface area contributed by atoms with Gasteiger partial charge in [0.1, 0.15) is 0 Å². The topological polar surface area (TPSA) is 18.5 Å². The van der Waals surface area contributed by atoms with Crippen LogP contribution in [0, 0.1) is 5.92 Å². The number of hydrogen-bond acceptors (Lipinski definition) is 2. The highest BCUT2D eigenvalue weighted by Crippen LogP contribution is 2.25. The molecule has 0 atom stereocenters. The lowest BCUT2D eigenvalue weighted by Crippen LogP contribution is -2.27. The van der Waals surface area contributed by atoms with E-state index in [0.29, 0.717) is 5.92 Å². The van der Waals surface area contributed by atoms with Gasteiger partial charge in [-0.25, -0.2) is 0 Å². The van der Waals surface area contributed by atoms with E-state index in [1.54, 1.807) is 0 Å². The zero-order chi connectivity index (χ0) is 9.80. The lowest BCUT2D eigenvalue weighted by Gasteiger charge is -2.28. The molecule has 1 saturated heterocycles. The Kier molecular flexibility index (Phi) is 3.56. The van der Waals surface area contributed by atoms with E-state index in [9.17, 15) is 0 Å². The zero-order valence-electron chi connectivity index (χ0n) is 7.86. The molecule has 0 aliphatic carbocycles. The first-order valence-electron chi connectivity index (χ1n) is 4.74. The highest BCUT2D eigenvalue weighted by molar-refractivity contribution is 9.09. The summed E-state index contributed by atoms with van der Waals surface area (Å²) in [6, 6.07) is 10.0. The molecule has 1 aliphatic heterocycles. The Labute approximate surface area is 92.3 Å². The molecular formula is C11H13BrO2. The predicted octanol–water partition coefficient (Wildman–Crippen LogP) is 2.74. The normalized spacial score (nSPS) is 27.5. The van der Waals surface area contributed by atoms with Crippen LogP contribution in [-0.4, -0.2) is 18.5 Å². The van der Waals surface area contributed by atoms with Crippen LogP contribution < -0.4 is 0 Å². The fourth-order valence-corrected chi connectivity index (χ4v) is 1.81. The van der Waals surface area contributed by atoms with Crippen molar-refractivity contribution in [1.82, 2.24) is 0 Å². The minimum atomic E-state index is -0.175. The van der Waals surface area contributed by atoms with Crippen LogP contribution in [0.4, 0.5) is 0 Å². The van der Waals surface area contributed by atoms with Crippen LogP contribution in [0.2, 0.25) is 0 Å². The van der Waals surface area contributed by atoms with Gasteiger partial charge in [-0.1, -0.05) is 46.3 Å². The Hall–Kier alpha value is -0.380. The molecule has 2 rings (SSSR count). The number of alkyl halides is 1. The van der Waals surface area contributed by atoms with Gasteiger partial charge in [-0.15, -0.1) is 0 Å². The molecular weight excluding hydrogens is 244 g/mol. The van der Waals surface area contributed by atoms with E-state index in [4.69, 9.17) is 9.47 Å². The number of hydrogen-bond donors (Lipinski definition) is 0. The van der Waals surface area contributed by atoms with Crippen LogP contribution in [0.3, 0.4) is 0 Å². The van der Waals surface area contributed by atoms with Crippen molar-refractivity contribution in [2.45, 2.75) is 6.29 Å². The maximum absolute atomic E-state index is 5.62. The first-order valence-corrected chi connectivity index (χ1v) is 5.86. The average Bonchev–Trinajstić information content (AvgIpc) is 2.30. The Morgan fingerprint density at radius 1 is 1.14 bits per heavy atom. The lowest BCUT2D eigenvalue weighted by atomic mass is 10.1. The van der Waals surface area contributed by atoms with Gasteiger partial charge in [0.2, 0.25) is 0 Å². The molecule has 1 aromatic rings. The van der Waals surface area contributed by atoms with Crippen LogP contribution in [0.5, 0.6) is 0 Å². The fourth-order valence-electron chi connectivity index (χ4n) is 1.43. The predicted molar refractivity (Wildman–Crippen MR) is 58.4 cm³/mol. The van der Waals surface area contributed by atoms with Gasteiger partial charge >= 0.3 is 0 Å². The van der Waals surface area contributed by atoms with E-state index in [1.807, 2.05) is 30.3 Å². The maximum atomic E-state index is 5.62. The van der Waals surface area contributed by atoms with Crippen molar-refractivity contribution in [3.8, 4) is 0 Å². The minimum absolute atomic E-state index is 0.175. The van der Waals surface area contributed by atoms with Gasteiger partial charge in [0, 0.05) is 16.8 Å². The Balaban J connectivity index is 1.96. The van der Waals surface area contributed by atoms with Gasteiger partial charge in [0.15, 0.2) is 6.29 Å². The number of rotatable bonds is 2. The van der Waals surface area contributed by atoms with Crippen molar-refractivity contribution in [2.75, 3.05) is 18.5 Å². The summed E-state index contributed by atoms with van der Waals surface area (Å²) in [4.78, 5) is 0. The van der Waals surface area contributed by atoms with Crippen LogP contribution in [0.15, 0.2) is 30.3 Å². The molecule has 0 saturated carbocycles. The molecule has 0 N–H and O–H groups in total. The number of benzene rings is 1. The first kappa shape index (κ1) is 10.1. The van der Waals surface area contributed by atoms with E-state index in [1.165, 1.54) is 0 Å². The second kappa shape index (κ2) is 4.91. The summed E-state index contributed by atoms with van der Waals surface area (Å²) in [6.07, 6.45) is -0.175. The summed E-state index contributed by atoms with van der Waals surface area (Å²) < 4.78 is 11.2. The van der Waals surface area contributed by atoms with Crippen molar-refractivity contribution in [3.63, 3.8) is 0 Å². The largest absolute Gasteiger partial charge is 0.348 e. The summed E-state index contributed by atoms with van der Waals surface area (Å²) in [5, 5.41) is 0.939. The van der Waals surface area contributed by atoms with Gasteiger partial charge in [0.05, 0.1) is 13.2 Å². The number of halogens is 1. The highest BCUT2D eigenvalue weighted by atomic mass is 79.9. The van der Waals surface area contributed by atoms with Gasteiger partial charge in [0.25, 0.3) is 0 Å². The zero-order valence-corrected chi connectivity index (χ0v) is 9.44. The molecule has 1 aromatic carbocycles. The monoisotopic (exact) mass is 256 g/mol. The van der Waals surface area contributed by atoms with Gasteiger partial charge in [-0.2, -0.15) is 0 Å². The summed E-state index contributed by atoms with van der Waals surface area (Å²) in [5.41, 5.74) is 1.10. The molecule has 0 bridgehead atoms. The second-order valence-electron chi connectivity index (χ2n) is 3.43. The van der Waals surface area contributed by atoms with Crippen molar-refractivity contribution in [2.24, 2.45) is 5.92 Å². The maximum Gasteiger partial charge on any atom is 0.183 e. The third-order valence-electron chi connectivity index (χ3n) is 2.26. The Bertz CT molecular complexity index is 268. The third kappa shape index (κ3) is 2.35. The van der Waals surface area contributed by atoms with E-state index in [0.717, 1.165) is 24.1 Å². The van der Waals surface area contributed by atoms with E-state index in [-0.39, 0.29) is 6.29 Å². The molecule has 2 nitrogen and oxygen atoms in total. The lowest BCUT2D eigenvalue weighted by molar-refractivity contribution is -0.201. The molecule has 0 spiro atoms. The van der Waals surface area contributed by atoms with Crippen molar-refractivity contribution in [1.29, 1.82) is 0 Å². The van der Waals surface area contributed by atoms with Gasteiger partial charge < -0.3 is 9.47 Å². The molecule has 76 valence electrons. The molecule has 0 radical (unpaired) electrons. The van der Waals surface area contributed by atoms with Crippen LogP contribution in [0.25, 0.3) is 0 Å². The van der Waals surface area contributed by atoms with Crippen LogP contribution >= 0.6 is 15.9 Å². The molecule has 3 heteroatoms. The van der Waals surface area contributed by atoms with Crippen molar-refractivity contribution >= 4 is 15.9 Å². The summed E-state index contributed by atoms with van der Waals surface area (Å²) >= 11 is 3.43. The Morgan fingerprint density at radius 3 is 2.36 bits per heavy atom. The average molecular weight is 257 g/mol. The molecule has 0 amide bonds. The highest BCUT2D eigenvalue weighted by Gasteiger charge is 2.22. The number of ether oxygens (including phenoxy) is 2. The molecule has 1 fully saturated rings. The SMILES string of the molecule is BrCC1COC(c2ccccc2)OC1. The van der Waals surface area contributed by atoms with Crippen molar-refractivity contribution < 1.29 is 9.47 Å². The quantitative estimate of drug-likeness (QED) is 0.758. The van der Waals surface area contributed by atoms with E-state index < -0.39 is 0 Å². The molecule has 0 unspecified atom stereocenters. The molecule has 1 heterocycles. The van der Waals surface area contributed by atoms with Crippen LogP contribution in [-0.2, 0) is 9.47 Å². The molecule has 1 aliphatic rings. The molecule has 0 aromatic heterocycles. The van der Waals surface area contributed by atoms with E-state index >= 15 is 0 Å². The fraction of sp³-hybridized carbons (Fsp3) is 0.455. The van der Waals surface area contributed by atoms with Gasteiger partial charge in [-0.3, -0.25) is 0 Å². The van der Waals surface area contributed by atoms with E-state index in [2.05, 4.69) is 15.9 Å². The minimum Gasteiger partial charge on any atom is -0.348 e. The van der Waals surface area contributed by atoms with Crippen molar-refractivity contribution in [3.05, 3.63) is 35.9 Å². The van der Waals surface area contributed by atoms with Gasteiger partial charge in [-0.05, 0) is 0 Å². The second-order valence-corrected chi connectivity index (χ2v) is 4.08. The standard InChI is InChI=1S/C11H13BrO2/c12-6-9-7-13-11(14-8-9)10-4-2-1-3-5-10/h1-5,9,11H,6-8H2. The third-order valence-corrected chi connectivity index (χ3v) is 3.17. The summed E-state index contributed by atoms with van der Waals surface area (Å²) in [5.74, 6) is 0.481. The molecule has 14 heavy (non-hydrogen) atoms. The summed E-state index contributed by atoms with van der Waals surface area (Å²) in [6.45, 7) is 1.54.